The summed E-state index contributed by atoms with van der Waals surface area (Å²) in [6.07, 6.45) is 3.65. The first-order chi connectivity index (χ1) is 17.0. The molecule has 0 saturated heterocycles. The third-order valence-electron chi connectivity index (χ3n) is 6.27. The number of ether oxygens (including phenoxy) is 1. The summed E-state index contributed by atoms with van der Waals surface area (Å²) in [6.45, 7) is 4.39. The molecule has 0 aliphatic carbocycles. The number of aliphatic hydroxyl groups excluding tert-OH is 1. The highest BCUT2D eigenvalue weighted by molar-refractivity contribution is 6.09. The van der Waals surface area contributed by atoms with Crippen LogP contribution in [0.25, 0.3) is 11.0 Å². The second-order valence-corrected chi connectivity index (χ2v) is 8.18. The van der Waals surface area contributed by atoms with Gasteiger partial charge in [0.2, 0.25) is 0 Å². The Morgan fingerprint density at radius 1 is 1.20 bits per heavy atom. The summed E-state index contributed by atoms with van der Waals surface area (Å²) in [4.78, 5) is 14.0. The highest BCUT2D eigenvalue weighted by atomic mass is 16.5. The van der Waals surface area contributed by atoms with Crippen LogP contribution in [0, 0.1) is 0 Å². The van der Waals surface area contributed by atoms with Gasteiger partial charge in [-0.3, -0.25) is 9.98 Å². The lowest BCUT2D eigenvalue weighted by molar-refractivity contribution is -0.0707. The Kier molecular flexibility index (Phi) is 7.48. The highest BCUT2D eigenvalue weighted by Crippen LogP contribution is 2.32. The summed E-state index contributed by atoms with van der Waals surface area (Å²) in [5.41, 5.74) is 4.22. The topological polar surface area (TPSA) is 117 Å². The van der Waals surface area contributed by atoms with Gasteiger partial charge in [-0.15, -0.1) is 5.10 Å². The number of rotatable bonds is 9. The van der Waals surface area contributed by atoms with Gasteiger partial charge in [-0.2, -0.15) is 5.10 Å². The molecular weight excluding hydrogens is 442 g/mol. The summed E-state index contributed by atoms with van der Waals surface area (Å²) in [5.74, 6) is 0.531. The van der Waals surface area contributed by atoms with Crippen molar-refractivity contribution in [3.05, 3.63) is 77.5 Å². The van der Waals surface area contributed by atoms with E-state index in [9.17, 15) is 5.11 Å². The van der Waals surface area contributed by atoms with Gasteiger partial charge in [0, 0.05) is 32.5 Å². The van der Waals surface area contributed by atoms with E-state index in [0.717, 1.165) is 28.1 Å². The molecule has 0 fully saturated rings. The third-order valence-corrected chi connectivity index (χ3v) is 6.27. The molecule has 9 heteroatoms. The lowest BCUT2D eigenvalue weighted by Crippen LogP contribution is -2.54. The maximum atomic E-state index is 11.6. The van der Waals surface area contributed by atoms with Crippen LogP contribution in [0.4, 0.5) is 0 Å². The van der Waals surface area contributed by atoms with Gasteiger partial charge in [0.1, 0.15) is 16.9 Å². The first-order valence-corrected chi connectivity index (χ1v) is 11.7. The van der Waals surface area contributed by atoms with Crippen LogP contribution in [-0.2, 0) is 10.3 Å². The lowest BCUT2D eigenvalue weighted by Gasteiger charge is -2.38. The van der Waals surface area contributed by atoms with Crippen molar-refractivity contribution >= 4 is 22.5 Å². The van der Waals surface area contributed by atoms with E-state index >= 15 is 0 Å². The van der Waals surface area contributed by atoms with Crippen LogP contribution in [0.3, 0.4) is 0 Å². The van der Waals surface area contributed by atoms with Gasteiger partial charge in [0.05, 0.1) is 23.3 Å². The van der Waals surface area contributed by atoms with E-state index in [1.165, 1.54) is 0 Å². The van der Waals surface area contributed by atoms with Crippen molar-refractivity contribution < 1.29 is 9.84 Å². The quantitative estimate of drug-likeness (QED) is 0.323. The number of methoxy groups -OCH3 is 1. The molecule has 1 unspecified atom stereocenters. The van der Waals surface area contributed by atoms with Crippen molar-refractivity contribution in [1.29, 1.82) is 0 Å². The van der Waals surface area contributed by atoms with Crippen LogP contribution in [0.1, 0.15) is 37.8 Å². The van der Waals surface area contributed by atoms with E-state index in [4.69, 9.17) is 9.73 Å². The Balaban J connectivity index is 1.76. The summed E-state index contributed by atoms with van der Waals surface area (Å²) >= 11 is 0. The molecule has 2 aromatic heterocycles. The van der Waals surface area contributed by atoms with Gasteiger partial charge >= 0.3 is 0 Å². The molecule has 1 aromatic carbocycles. The monoisotopic (exact) mass is 473 g/mol. The summed E-state index contributed by atoms with van der Waals surface area (Å²) in [5, 5.41) is 26.4. The minimum atomic E-state index is -1.21. The van der Waals surface area contributed by atoms with E-state index in [1.807, 2.05) is 63.4 Å². The van der Waals surface area contributed by atoms with Crippen molar-refractivity contribution in [3.8, 4) is 0 Å². The Morgan fingerprint density at radius 3 is 2.71 bits per heavy atom. The molecule has 0 radical (unpaired) electrons. The van der Waals surface area contributed by atoms with E-state index in [1.54, 1.807) is 19.5 Å². The molecule has 2 atom stereocenters. The van der Waals surface area contributed by atoms with E-state index in [2.05, 4.69) is 30.8 Å². The van der Waals surface area contributed by atoms with Gasteiger partial charge in [-0.1, -0.05) is 30.3 Å². The number of benzene rings is 1. The van der Waals surface area contributed by atoms with Crippen LogP contribution < -0.4 is 10.6 Å². The minimum Gasteiger partial charge on any atom is -0.388 e. The number of allylic oxidation sites excluding steroid dienone is 1. The Bertz CT molecular complexity index is 1270. The van der Waals surface area contributed by atoms with E-state index in [-0.39, 0.29) is 0 Å². The fraction of sp³-hybridized carbons (Fsp3) is 0.346. The Morgan fingerprint density at radius 2 is 2.00 bits per heavy atom. The molecule has 3 aromatic rings. The van der Waals surface area contributed by atoms with Crippen molar-refractivity contribution in [1.82, 2.24) is 25.8 Å². The molecule has 182 valence electrons. The largest absolute Gasteiger partial charge is 0.388 e. The first kappa shape index (κ1) is 24.4. The summed E-state index contributed by atoms with van der Waals surface area (Å²) < 4.78 is 6.02. The molecule has 3 N–H and O–H groups in total. The van der Waals surface area contributed by atoms with Crippen LogP contribution in [-0.4, -0.2) is 58.6 Å². The van der Waals surface area contributed by atoms with E-state index in [0.29, 0.717) is 36.4 Å². The smallest absolute Gasteiger partial charge is 0.174 e. The number of hydrogen-bond donors (Lipinski definition) is 3. The van der Waals surface area contributed by atoms with Gasteiger partial charge in [-0.05, 0) is 44.4 Å². The second kappa shape index (κ2) is 10.7. The number of aliphatic hydroxyl groups is 1. The summed E-state index contributed by atoms with van der Waals surface area (Å²) in [6, 6.07) is 13.3. The average Bonchev–Trinajstić information content (AvgIpc) is 2.90. The molecule has 4 rings (SSSR count). The number of aromatic nitrogens is 3. The molecule has 9 nitrogen and oxygen atoms in total. The Hall–Kier alpha value is -3.69. The molecular formula is C26H31N7O2. The van der Waals surface area contributed by atoms with Gasteiger partial charge in [-0.25, -0.2) is 4.99 Å². The standard InChI is InChI=1S/C26H31N7O2/c1-5-28-17(2)26(35-4,18-10-7-6-8-11-18)25(34)32-24-22(27-3)14-13-20(31-24)19-16-30-33-21-12-9-15-29-23(19)21/h6-12,15-16,25,27,32,34H,5,13-14H2,1-4H3/t25?,26-/m0/s1. The molecule has 1 aliphatic rings. The predicted molar refractivity (Wildman–Crippen MR) is 137 cm³/mol. The van der Waals surface area contributed by atoms with Crippen molar-refractivity contribution in [3.63, 3.8) is 0 Å². The Labute approximate surface area is 205 Å². The van der Waals surface area contributed by atoms with Crippen molar-refractivity contribution in [2.24, 2.45) is 9.98 Å². The zero-order chi connectivity index (χ0) is 24.8. The number of nitrogens with one attached hydrogen (secondary N) is 2. The molecule has 3 heterocycles. The molecule has 1 aliphatic heterocycles. The van der Waals surface area contributed by atoms with Crippen molar-refractivity contribution in [2.45, 2.75) is 38.5 Å². The molecule has 35 heavy (non-hydrogen) atoms. The van der Waals surface area contributed by atoms with Gasteiger partial charge in [0.15, 0.2) is 11.8 Å². The van der Waals surface area contributed by atoms with E-state index < -0.39 is 11.8 Å². The number of pyridine rings is 1. The SMILES string of the molecule is CCN=C(C)[C@](OC)(c1ccccc1)C(O)NC1=C(NC)CCC(c2cnnc3cccnc23)=N1. The number of fused-ring (bicyclic) bond motifs is 1. The lowest BCUT2D eigenvalue weighted by atomic mass is 9.86. The molecule has 0 saturated carbocycles. The fourth-order valence-corrected chi connectivity index (χ4v) is 4.50. The van der Waals surface area contributed by atoms with Crippen LogP contribution in [0.2, 0.25) is 0 Å². The zero-order valence-corrected chi connectivity index (χ0v) is 20.5. The average molecular weight is 474 g/mol. The number of hydrogen-bond acceptors (Lipinski definition) is 9. The van der Waals surface area contributed by atoms with Crippen LogP contribution in [0.5, 0.6) is 0 Å². The normalized spacial score (nSPS) is 17.1. The minimum absolute atomic E-state index is 0.531. The first-order valence-electron chi connectivity index (χ1n) is 11.7. The van der Waals surface area contributed by atoms with Crippen LogP contribution >= 0.6 is 0 Å². The zero-order valence-electron chi connectivity index (χ0n) is 20.5. The molecule has 0 amide bonds. The van der Waals surface area contributed by atoms with Crippen molar-refractivity contribution in [2.75, 3.05) is 20.7 Å². The fourth-order valence-electron chi connectivity index (χ4n) is 4.50. The van der Waals surface area contributed by atoms with Gasteiger partial charge in [0.25, 0.3) is 0 Å². The maximum absolute atomic E-state index is 11.6. The molecule has 0 bridgehead atoms. The predicted octanol–water partition coefficient (Wildman–Crippen LogP) is 2.93. The number of aliphatic imine (C=N–C) groups is 2. The third kappa shape index (κ3) is 4.65. The second-order valence-electron chi connectivity index (χ2n) is 8.18. The maximum Gasteiger partial charge on any atom is 0.174 e. The highest BCUT2D eigenvalue weighted by Gasteiger charge is 2.44. The number of nitrogens with zero attached hydrogens (tertiary/aromatic N) is 5. The molecule has 0 spiro atoms. The van der Waals surface area contributed by atoms with Gasteiger partial charge < -0.3 is 20.5 Å². The summed E-state index contributed by atoms with van der Waals surface area (Å²) in [7, 11) is 3.43. The van der Waals surface area contributed by atoms with Crippen LogP contribution in [0.15, 0.2) is 76.4 Å².